The van der Waals surface area contributed by atoms with E-state index in [9.17, 15) is 9.59 Å². The van der Waals surface area contributed by atoms with E-state index < -0.39 is 0 Å². The van der Waals surface area contributed by atoms with Gasteiger partial charge in [0, 0.05) is 6.54 Å². The molecule has 6 nitrogen and oxygen atoms in total. The molecule has 1 amide bonds. The van der Waals surface area contributed by atoms with Crippen molar-refractivity contribution >= 4 is 11.9 Å². The summed E-state index contributed by atoms with van der Waals surface area (Å²) in [4.78, 5) is 22.5. The summed E-state index contributed by atoms with van der Waals surface area (Å²) in [6.45, 7) is 2.21. The van der Waals surface area contributed by atoms with Gasteiger partial charge in [-0.05, 0) is 31.2 Å². The summed E-state index contributed by atoms with van der Waals surface area (Å²) in [5.74, 6) is 0.677. The summed E-state index contributed by atoms with van der Waals surface area (Å²) < 4.78 is 15.0. The Hall–Kier alpha value is -2.24. The summed E-state index contributed by atoms with van der Waals surface area (Å²) in [7, 11) is 1.58. The Labute approximate surface area is 118 Å². The summed E-state index contributed by atoms with van der Waals surface area (Å²) in [6.07, 6.45) is 0.155. The molecule has 0 aliphatic rings. The third-order valence-electron chi connectivity index (χ3n) is 2.39. The smallest absolute Gasteiger partial charge is 0.307 e. The molecule has 1 aromatic rings. The van der Waals surface area contributed by atoms with Gasteiger partial charge < -0.3 is 19.5 Å². The Kier molecular flexibility index (Phi) is 6.95. The number of rotatable bonds is 8. The summed E-state index contributed by atoms with van der Waals surface area (Å²) in [6, 6.07) is 6.91. The molecule has 0 aliphatic heterocycles. The average Bonchev–Trinajstić information content (AvgIpc) is 2.46. The Morgan fingerprint density at radius 2 is 1.80 bits per heavy atom. The van der Waals surface area contributed by atoms with Gasteiger partial charge in [0.15, 0.2) is 6.61 Å². The molecule has 0 saturated carbocycles. The van der Waals surface area contributed by atoms with Crippen molar-refractivity contribution in [1.29, 1.82) is 0 Å². The molecule has 20 heavy (non-hydrogen) atoms. The molecule has 1 N–H and O–H groups in total. The highest BCUT2D eigenvalue weighted by Crippen LogP contribution is 2.16. The lowest BCUT2D eigenvalue weighted by Crippen LogP contribution is -2.31. The van der Waals surface area contributed by atoms with E-state index in [1.54, 1.807) is 38.3 Å². The van der Waals surface area contributed by atoms with Crippen molar-refractivity contribution < 1.29 is 23.8 Å². The van der Waals surface area contributed by atoms with Gasteiger partial charge in [0.2, 0.25) is 0 Å². The molecular formula is C14H19NO5. The molecular weight excluding hydrogens is 262 g/mol. The number of hydrogen-bond acceptors (Lipinski definition) is 5. The molecule has 1 rings (SSSR count). The lowest BCUT2D eigenvalue weighted by Gasteiger charge is -2.08. The van der Waals surface area contributed by atoms with Crippen LogP contribution in [0.5, 0.6) is 11.5 Å². The first-order chi connectivity index (χ1) is 9.65. The van der Waals surface area contributed by atoms with Crippen molar-refractivity contribution in [3.63, 3.8) is 0 Å². The van der Waals surface area contributed by atoms with Crippen LogP contribution in [0.4, 0.5) is 0 Å². The normalized spacial score (nSPS) is 9.70. The van der Waals surface area contributed by atoms with E-state index in [0.29, 0.717) is 12.4 Å². The predicted octanol–water partition coefficient (Wildman–Crippen LogP) is 1.14. The number of ether oxygens (including phenoxy) is 3. The molecule has 0 saturated heterocycles. The van der Waals surface area contributed by atoms with Crippen molar-refractivity contribution in [2.45, 2.75) is 13.3 Å². The zero-order valence-corrected chi connectivity index (χ0v) is 11.7. The Morgan fingerprint density at radius 3 is 2.40 bits per heavy atom. The number of amides is 1. The van der Waals surface area contributed by atoms with Crippen LogP contribution in [0.15, 0.2) is 24.3 Å². The second kappa shape index (κ2) is 8.79. The van der Waals surface area contributed by atoms with E-state index in [2.05, 4.69) is 5.32 Å². The molecule has 0 bridgehead atoms. The number of esters is 1. The molecule has 0 unspecified atom stereocenters. The van der Waals surface area contributed by atoms with Crippen LogP contribution >= 0.6 is 0 Å². The minimum Gasteiger partial charge on any atom is -0.497 e. The number of carbonyl (C=O) groups is 2. The summed E-state index contributed by atoms with van der Waals surface area (Å²) in [5.41, 5.74) is 0. The van der Waals surface area contributed by atoms with E-state index in [4.69, 9.17) is 14.2 Å². The summed E-state index contributed by atoms with van der Waals surface area (Å²) >= 11 is 0. The largest absolute Gasteiger partial charge is 0.497 e. The van der Waals surface area contributed by atoms with Crippen LogP contribution in [-0.4, -0.2) is 38.7 Å². The number of methoxy groups -OCH3 is 1. The fourth-order valence-corrected chi connectivity index (χ4v) is 1.41. The molecule has 0 aliphatic carbocycles. The van der Waals surface area contributed by atoms with Gasteiger partial charge in [-0.1, -0.05) is 0 Å². The number of hydrogen-bond donors (Lipinski definition) is 1. The maximum absolute atomic E-state index is 11.5. The topological polar surface area (TPSA) is 73.9 Å². The van der Waals surface area contributed by atoms with Crippen molar-refractivity contribution in [2.75, 3.05) is 26.9 Å². The van der Waals surface area contributed by atoms with Crippen LogP contribution in [0, 0.1) is 0 Å². The minimum absolute atomic E-state index is 0.102. The number of benzene rings is 1. The zero-order chi connectivity index (χ0) is 14.8. The molecule has 0 radical (unpaired) electrons. The summed E-state index contributed by atoms with van der Waals surface area (Å²) in [5, 5.41) is 2.58. The van der Waals surface area contributed by atoms with Gasteiger partial charge in [-0.25, -0.2) is 0 Å². The van der Waals surface area contributed by atoms with Gasteiger partial charge in [0.25, 0.3) is 5.91 Å². The molecule has 0 atom stereocenters. The van der Waals surface area contributed by atoms with E-state index >= 15 is 0 Å². The molecule has 0 heterocycles. The Bertz CT molecular complexity index is 430. The van der Waals surface area contributed by atoms with Crippen LogP contribution < -0.4 is 14.8 Å². The van der Waals surface area contributed by atoms with Crippen LogP contribution in [0.3, 0.4) is 0 Å². The number of carbonyl (C=O) groups excluding carboxylic acids is 2. The van der Waals surface area contributed by atoms with Crippen molar-refractivity contribution in [1.82, 2.24) is 5.32 Å². The van der Waals surface area contributed by atoms with Gasteiger partial charge in [-0.15, -0.1) is 0 Å². The molecule has 0 spiro atoms. The molecule has 6 heteroatoms. The monoisotopic (exact) mass is 281 g/mol. The third-order valence-corrected chi connectivity index (χ3v) is 2.39. The quantitative estimate of drug-likeness (QED) is 0.723. The van der Waals surface area contributed by atoms with Crippen molar-refractivity contribution in [3.8, 4) is 11.5 Å². The molecule has 0 fully saturated rings. The average molecular weight is 281 g/mol. The highest BCUT2D eigenvalue weighted by atomic mass is 16.5. The lowest BCUT2D eigenvalue weighted by molar-refractivity contribution is -0.143. The predicted molar refractivity (Wildman–Crippen MR) is 72.7 cm³/mol. The standard InChI is InChI=1S/C14H19NO5/c1-3-19-14(17)8-9-15-13(16)10-20-12-6-4-11(18-2)5-7-12/h4-7H,3,8-10H2,1-2H3,(H,15,16). The van der Waals surface area contributed by atoms with E-state index in [1.807, 2.05) is 0 Å². The third kappa shape index (κ3) is 6.08. The maximum atomic E-state index is 11.5. The fourth-order valence-electron chi connectivity index (χ4n) is 1.41. The highest BCUT2D eigenvalue weighted by molar-refractivity contribution is 5.78. The van der Waals surface area contributed by atoms with Gasteiger partial charge in [-0.2, -0.15) is 0 Å². The van der Waals surface area contributed by atoms with E-state index in [0.717, 1.165) is 5.75 Å². The highest BCUT2D eigenvalue weighted by Gasteiger charge is 2.05. The molecule has 0 aromatic heterocycles. The van der Waals surface area contributed by atoms with Gasteiger partial charge in [0.05, 0.1) is 20.1 Å². The van der Waals surface area contributed by atoms with Crippen molar-refractivity contribution in [3.05, 3.63) is 24.3 Å². The van der Waals surface area contributed by atoms with Crippen molar-refractivity contribution in [2.24, 2.45) is 0 Å². The van der Waals surface area contributed by atoms with E-state index in [-0.39, 0.29) is 31.4 Å². The van der Waals surface area contributed by atoms with Gasteiger partial charge in [0.1, 0.15) is 11.5 Å². The Balaban J connectivity index is 2.20. The minimum atomic E-state index is -0.330. The first kappa shape index (κ1) is 15.8. The van der Waals surface area contributed by atoms with E-state index in [1.165, 1.54) is 0 Å². The first-order valence-electron chi connectivity index (χ1n) is 6.35. The van der Waals surface area contributed by atoms with Crippen LogP contribution in [0.1, 0.15) is 13.3 Å². The number of nitrogens with one attached hydrogen (secondary N) is 1. The fraction of sp³-hybridized carbons (Fsp3) is 0.429. The maximum Gasteiger partial charge on any atom is 0.307 e. The zero-order valence-electron chi connectivity index (χ0n) is 11.7. The lowest BCUT2D eigenvalue weighted by atomic mass is 10.3. The second-order valence-corrected chi connectivity index (χ2v) is 3.87. The van der Waals surface area contributed by atoms with Crippen LogP contribution in [0.2, 0.25) is 0 Å². The molecule has 1 aromatic carbocycles. The van der Waals surface area contributed by atoms with Gasteiger partial charge in [-0.3, -0.25) is 9.59 Å². The Morgan fingerprint density at radius 1 is 1.15 bits per heavy atom. The van der Waals surface area contributed by atoms with Gasteiger partial charge >= 0.3 is 5.97 Å². The SMILES string of the molecule is CCOC(=O)CCNC(=O)COc1ccc(OC)cc1. The second-order valence-electron chi connectivity index (χ2n) is 3.87. The molecule has 110 valence electrons. The van der Waals surface area contributed by atoms with Crippen LogP contribution in [0.25, 0.3) is 0 Å². The first-order valence-corrected chi connectivity index (χ1v) is 6.35. The van der Waals surface area contributed by atoms with Crippen LogP contribution in [-0.2, 0) is 14.3 Å².